The number of amides is 1. The highest BCUT2D eigenvalue weighted by atomic mass is 19.4. The number of carbonyl (C=O) groups is 3. The van der Waals surface area contributed by atoms with Gasteiger partial charge < -0.3 is 15.8 Å². The zero-order valence-electron chi connectivity index (χ0n) is 15.8. The first-order chi connectivity index (χ1) is 15.1. The van der Waals surface area contributed by atoms with Gasteiger partial charge in [0.05, 0.1) is 16.8 Å². The molecule has 1 atom stereocenters. The molecule has 32 heavy (non-hydrogen) atoms. The summed E-state index contributed by atoms with van der Waals surface area (Å²) >= 11 is 0. The van der Waals surface area contributed by atoms with E-state index in [-0.39, 0.29) is 16.7 Å². The topological polar surface area (TPSA) is 122 Å². The number of Topliss-reactive ketones (excluding diaryl/α,β-unsaturated/α-hetero) is 2. The molecular weight excluding hydrogens is 427 g/mol. The summed E-state index contributed by atoms with van der Waals surface area (Å²) in [7, 11) is 0. The summed E-state index contributed by atoms with van der Waals surface area (Å²) in [5, 5.41) is 12.0. The first-order valence-corrected chi connectivity index (χ1v) is 9.17. The minimum absolute atomic E-state index is 0.0118. The minimum Gasteiger partial charge on any atom is -0.436 e. The van der Waals surface area contributed by atoms with E-state index in [1.54, 1.807) is 6.07 Å². The van der Waals surface area contributed by atoms with Gasteiger partial charge in [-0.3, -0.25) is 14.4 Å². The van der Waals surface area contributed by atoms with Gasteiger partial charge in [0.25, 0.3) is 0 Å². The number of carbonyl (C=O) groups excluding carboxylic acids is 3. The Labute approximate surface area is 177 Å². The van der Waals surface area contributed by atoms with Gasteiger partial charge in [-0.05, 0) is 6.07 Å². The number of ether oxygens (including phenoxy) is 1. The highest BCUT2D eigenvalue weighted by molar-refractivity contribution is 6.31. The predicted octanol–water partition coefficient (Wildman–Crippen LogP) is 2.95. The minimum atomic E-state index is -4.84. The largest absolute Gasteiger partial charge is 0.436 e. The van der Waals surface area contributed by atoms with Crippen LogP contribution in [0, 0.1) is 11.3 Å². The Balaban J connectivity index is 1.91. The normalized spacial score (nSPS) is 21.6. The average Bonchev–Trinajstić information content (AvgIpc) is 3.03. The van der Waals surface area contributed by atoms with Crippen LogP contribution in [0.1, 0.15) is 31.8 Å². The van der Waals surface area contributed by atoms with Crippen LogP contribution in [0.4, 0.5) is 18.9 Å². The van der Waals surface area contributed by atoms with Gasteiger partial charge in [0.1, 0.15) is 17.1 Å². The third kappa shape index (κ3) is 2.17. The number of rotatable bonds is 0. The van der Waals surface area contributed by atoms with Crippen LogP contribution in [-0.2, 0) is 21.1 Å². The lowest BCUT2D eigenvalue weighted by atomic mass is 9.64. The maximum atomic E-state index is 13.6. The van der Waals surface area contributed by atoms with Gasteiger partial charge in [0, 0.05) is 16.7 Å². The van der Waals surface area contributed by atoms with Gasteiger partial charge in [0.15, 0.2) is 11.5 Å². The molecule has 3 N–H and O–H groups in total. The molecule has 2 aromatic rings. The summed E-state index contributed by atoms with van der Waals surface area (Å²) in [4.78, 5) is 40.0. The van der Waals surface area contributed by atoms with E-state index in [0.29, 0.717) is 0 Å². The third-order valence-corrected chi connectivity index (χ3v) is 5.75. The Hall–Kier alpha value is -4.39. The van der Waals surface area contributed by atoms with Crippen molar-refractivity contribution in [1.82, 2.24) is 0 Å². The molecule has 0 aromatic heterocycles. The molecule has 0 saturated heterocycles. The van der Waals surface area contributed by atoms with Crippen LogP contribution in [0.25, 0.3) is 0 Å². The number of para-hydroxylation sites is 1. The number of alkyl halides is 3. The molecule has 1 amide bonds. The molecule has 0 unspecified atom stereocenters. The number of benzene rings is 2. The molecule has 7 nitrogen and oxygen atoms in total. The molecule has 10 heteroatoms. The number of hydrogen-bond donors (Lipinski definition) is 2. The number of ketones is 2. The van der Waals surface area contributed by atoms with Crippen LogP contribution >= 0.6 is 0 Å². The lowest BCUT2D eigenvalue weighted by Crippen LogP contribution is -2.47. The van der Waals surface area contributed by atoms with Crippen molar-refractivity contribution in [2.24, 2.45) is 5.73 Å². The Morgan fingerprint density at radius 1 is 1.00 bits per heavy atom. The number of hydrogen-bond acceptors (Lipinski definition) is 6. The smallest absolute Gasteiger partial charge is 0.418 e. The standard InChI is InChI=1S/C22H10F3N3O4/c23-22(24,25)12-7-3-6-11-15(12)28-20(31)21(11)13(8-26)19(27)32-18-14(21)16(29)9-4-1-2-5-10(9)17(18)30/h1-7H,27H2,(H,28,31)/t21-/m1/s1. The number of nitrogens with zero attached hydrogens (tertiary/aromatic N) is 1. The number of nitrogens with one attached hydrogen (secondary N) is 1. The lowest BCUT2D eigenvalue weighted by molar-refractivity contribution is -0.136. The van der Waals surface area contributed by atoms with E-state index in [9.17, 15) is 32.8 Å². The zero-order chi connectivity index (χ0) is 23.0. The highest BCUT2D eigenvalue weighted by Crippen LogP contribution is 2.56. The van der Waals surface area contributed by atoms with E-state index in [0.717, 1.165) is 12.1 Å². The van der Waals surface area contributed by atoms with E-state index in [4.69, 9.17) is 10.5 Å². The molecule has 1 spiro atoms. The molecule has 0 radical (unpaired) electrons. The van der Waals surface area contributed by atoms with Crippen LogP contribution in [-0.4, -0.2) is 17.5 Å². The van der Waals surface area contributed by atoms with Crippen molar-refractivity contribution >= 4 is 23.2 Å². The highest BCUT2D eigenvalue weighted by Gasteiger charge is 2.62. The molecule has 0 fully saturated rings. The SMILES string of the molecule is N#CC1=C(N)OC2=C(C(=O)c3ccccc3C2=O)[C@]12C(=O)Nc1c(C(F)(F)F)cccc12. The van der Waals surface area contributed by atoms with Crippen LogP contribution in [0.2, 0.25) is 0 Å². The molecular formula is C22H10F3N3O4. The van der Waals surface area contributed by atoms with Gasteiger partial charge >= 0.3 is 6.18 Å². The Kier molecular flexibility index (Phi) is 3.71. The number of allylic oxidation sites excluding steroid dienone is 1. The zero-order valence-corrected chi connectivity index (χ0v) is 15.8. The lowest BCUT2D eigenvalue weighted by Gasteiger charge is -2.36. The maximum Gasteiger partial charge on any atom is 0.418 e. The van der Waals surface area contributed by atoms with E-state index in [2.05, 4.69) is 5.32 Å². The van der Waals surface area contributed by atoms with Crippen LogP contribution in [0.3, 0.4) is 0 Å². The van der Waals surface area contributed by atoms with Crippen molar-refractivity contribution in [3.05, 3.63) is 87.5 Å². The maximum absolute atomic E-state index is 13.6. The summed E-state index contributed by atoms with van der Waals surface area (Å²) in [6.45, 7) is 0. The molecule has 2 aromatic carbocycles. The van der Waals surface area contributed by atoms with Gasteiger partial charge in [-0.1, -0.05) is 36.4 Å². The first-order valence-electron chi connectivity index (χ1n) is 9.17. The van der Waals surface area contributed by atoms with E-state index in [1.165, 1.54) is 30.3 Å². The summed E-state index contributed by atoms with van der Waals surface area (Å²) in [6, 6.07) is 10.4. The molecule has 5 rings (SSSR count). The molecule has 2 aliphatic heterocycles. The summed E-state index contributed by atoms with van der Waals surface area (Å²) in [5.74, 6) is -3.95. The van der Waals surface area contributed by atoms with Crippen molar-refractivity contribution in [3.63, 3.8) is 0 Å². The van der Waals surface area contributed by atoms with Gasteiger partial charge in [0.2, 0.25) is 17.6 Å². The van der Waals surface area contributed by atoms with Gasteiger partial charge in [-0.25, -0.2) is 0 Å². The fourth-order valence-electron chi connectivity index (χ4n) is 4.46. The Morgan fingerprint density at radius 2 is 1.66 bits per heavy atom. The van der Waals surface area contributed by atoms with Crippen molar-refractivity contribution in [2.75, 3.05) is 5.32 Å². The van der Waals surface area contributed by atoms with Crippen LogP contribution in [0.15, 0.2) is 65.3 Å². The molecule has 158 valence electrons. The first kappa shape index (κ1) is 19.6. The van der Waals surface area contributed by atoms with Crippen LogP contribution in [0.5, 0.6) is 0 Å². The fraction of sp³-hybridized carbons (Fsp3) is 0.0909. The van der Waals surface area contributed by atoms with E-state index >= 15 is 0 Å². The third-order valence-electron chi connectivity index (χ3n) is 5.75. The number of nitriles is 1. The van der Waals surface area contributed by atoms with Crippen molar-refractivity contribution in [1.29, 1.82) is 5.26 Å². The summed E-state index contributed by atoms with van der Waals surface area (Å²) in [5.41, 5.74) is 0.201. The second-order valence-electron chi connectivity index (χ2n) is 7.29. The molecule has 1 aliphatic carbocycles. The quantitative estimate of drug-likeness (QED) is 0.654. The summed E-state index contributed by atoms with van der Waals surface area (Å²) < 4.78 is 46.2. The molecule has 2 heterocycles. The Morgan fingerprint density at radius 3 is 2.28 bits per heavy atom. The van der Waals surface area contributed by atoms with E-state index < -0.39 is 63.1 Å². The Bertz CT molecular complexity index is 1400. The number of nitrogens with two attached hydrogens (primary N) is 1. The predicted molar refractivity (Wildman–Crippen MR) is 102 cm³/mol. The van der Waals surface area contributed by atoms with Crippen molar-refractivity contribution < 1.29 is 32.3 Å². The van der Waals surface area contributed by atoms with Crippen molar-refractivity contribution in [2.45, 2.75) is 11.6 Å². The second-order valence-corrected chi connectivity index (χ2v) is 7.29. The average molecular weight is 437 g/mol. The van der Waals surface area contributed by atoms with Gasteiger partial charge in [-0.15, -0.1) is 0 Å². The van der Waals surface area contributed by atoms with E-state index in [1.807, 2.05) is 0 Å². The number of anilines is 1. The van der Waals surface area contributed by atoms with Gasteiger partial charge in [-0.2, -0.15) is 18.4 Å². The number of fused-ring (bicyclic) bond motifs is 4. The summed E-state index contributed by atoms with van der Waals surface area (Å²) in [6.07, 6.45) is -4.84. The van der Waals surface area contributed by atoms with Crippen molar-refractivity contribution in [3.8, 4) is 6.07 Å². The molecule has 3 aliphatic rings. The van der Waals surface area contributed by atoms with Crippen LogP contribution < -0.4 is 11.1 Å². The number of halogens is 3. The second kappa shape index (κ2) is 6.07. The fourth-order valence-corrected chi connectivity index (χ4v) is 4.46. The molecule has 0 saturated carbocycles. The monoisotopic (exact) mass is 437 g/mol. The molecule has 0 bridgehead atoms.